The zero-order chi connectivity index (χ0) is 23.2. The smallest absolute Gasteiger partial charge is 0.251 e. The minimum Gasteiger partial charge on any atom is -0.379 e. The van der Waals surface area contributed by atoms with E-state index in [1.54, 1.807) is 0 Å². The molecule has 0 unspecified atom stereocenters. The molecule has 0 saturated carbocycles. The molecule has 4 nitrogen and oxygen atoms in total. The SMILES string of the molecule is CC(C)OCCCNC(=O)c1ccc(-n2c(-c3ccc(F)cc3)cc3c2CCCCC3)cc1. The van der Waals surface area contributed by atoms with Crippen LogP contribution in [0.2, 0.25) is 0 Å². The molecule has 5 heteroatoms. The molecule has 1 aromatic heterocycles. The number of carbonyl (C=O) groups is 1. The predicted molar refractivity (Wildman–Crippen MR) is 130 cm³/mol. The molecule has 33 heavy (non-hydrogen) atoms. The zero-order valence-electron chi connectivity index (χ0n) is 19.6. The monoisotopic (exact) mass is 448 g/mol. The van der Waals surface area contributed by atoms with E-state index in [1.165, 1.54) is 42.7 Å². The van der Waals surface area contributed by atoms with Gasteiger partial charge in [-0.1, -0.05) is 6.42 Å². The van der Waals surface area contributed by atoms with Crippen LogP contribution in [0.15, 0.2) is 54.6 Å². The predicted octanol–water partition coefficient (Wildman–Crippen LogP) is 6.10. The summed E-state index contributed by atoms with van der Waals surface area (Å²) in [4.78, 5) is 12.5. The summed E-state index contributed by atoms with van der Waals surface area (Å²) in [6.45, 7) is 5.24. The van der Waals surface area contributed by atoms with Crippen molar-refractivity contribution in [2.75, 3.05) is 13.2 Å². The van der Waals surface area contributed by atoms with Crippen molar-refractivity contribution in [2.24, 2.45) is 0 Å². The van der Waals surface area contributed by atoms with Gasteiger partial charge in [0, 0.05) is 30.1 Å². The first-order chi connectivity index (χ1) is 16.0. The zero-order valence-corrected chi connectivity index (χ0v) is 19.6. The van der Waals surface area contributed by atoms with Gasteiger partial charge < -0.3 is 14.6 Å². The molecule has 0 fully saturated rings. The van der Waals surface area contributed by atoms with Crippen LogP contribution in [0.1, 0.15) is 61.1 Å². The van der Waals surface area contributed by atoms with Gasteiger partial charge in [0.15, 0.2) is 0 Å². The number of amides is 1. The third-order valence-electron chi connectivity index (χ3n) is 6.14. The third-order valence-corrected chi connectivity index (χ3v) is 6.14. The molecule has 1 N–H and O–H groups in total. The number of rotatable bonds is 8. The molecule has 0 bridgehead atoms. The lowest BCUT2D eigenvalue weighted by Gasteiger charge is -2.15. The summed E-state index contributed by atoms with van der Waals surface area (Å²) in [5, 5.41) is 2.97. The van der Waals surface area contributed by atoms with Crippen molar-refractivity contribution in [3.63, 3.8) is 0 Å². The van der Waals surface area contributed by atoms with Crippen molar-refractivity contribution in [1.29, 1.82) is 0 Å². The van der Waals surface area contributed by atoms with Crippen LogP contribution in [0, 0.1) is 5.82 Å². The Morgan fingerprint density at radius 2 is 1.76 bits per heavy atom. The molecule has 4 rings (SSSR count). The lowest BCUT2D eigenvalue weighted by atomic mass is 10.1. The fourth-order valence-electron chi connectivity index (χ4n) is 4.46. The number of hydrogen-bond donors (Lipinski definition) is 1. The second kappa shape index (κ2) is 10.8. The molecule has 1 aliphatic rings. The first kappa shape index (κ1) is 23.2. The van der Waals surface area contributed by atoms with E-state index in [1.807, 2.05) is 50.2 Å². The van der Waals surface area contributed by atoms with Crippen molar-refractivity contribution in [1.82, 2.24) is 9.88 Å². The molecule has 1 heterocycles. The van der Waals surface area contributed by atoms with E-state index in [0.29, 0.717) is 18.7 Å². The van der Waals surface area contributed by atoms with E-state index in [2.05, 4.69) is 16.0 Å². The maximum absolute atomic E-state index is 13.5. The Hall–Kier alpha value is -2.92. The highest BCUT2D eigenvalue weighted by Crippen LogP contribution is 2.33. The minimum absolute atomic E-state index is 0.0730. The second-order valence-corrected chi connectivity index (χ2v) is 8.98. The average molecular weight is 449 g/mol. The van der Waals surface area contributed by atoms with Gasteiger partial charge in [0.05, 0.1) is 11.8 Å². The van der Waals surface area contributed by atoms with Gasteiger partial charge in [-0.2, -0.15) is 0 Å². The van der Waals surface area contributed by atoms with Gasteiger partial charge in [-0.15, -0.1) is 0 Å². The highest BCUT2D eigenvalue weighted by Gasteiger charge is 2.19. The first-order valence-corrected chi connectivity index (χ1v) is 12.0. The molecule has 0 aliphatic heterocycles. The molecular weight excluding hydrogens is 415 g/mol. The maximum atomic E-state index is 13.5. The Kier molecular flexibility index (Phi) is 7.61. The van der Waals surface area contributed by atoms with Crippen LogP contribution in [-0.4, -0.2) is 29.7 Å². The number of nitrogens with zero attached hydrogens (tertiary/aromatic N) is 1. The first-order valence-electron chi connectivity index (χ1n) is 12.0. The van der Waals surface area contributed by atoms with E-state index in [9.17, 15) is 9.18 Å². The van der Waals surface area contributed by atoms with Crippen LogP contribution in [-0.2, 0) is 17.6 Å². The molecule has 1 aliphatic carbocycles. The van der Waals surface area contributed by atoms with Gasteiger partial charge in [-0.05, 0) is 112 Å². The van der Waals surface area contributed by atoms with Crippen molar-refractivity contribution in [2.45, 2.75) is 58.5 Å². The largest absolute Gasteiger partial charge is 0.379 e. The Balaban J connectivity index is 1.56. The van der Waals surface area contributed by atoms with Crippen molar-refractivity contribution in [3.8, 4) is 16.9 Å². The Morgan fingerprint density at radius 1 is 1.03 bits per heavy atom. The summed E-state index contributed by atoms with van der Waals surface area (Å²) in [6.07, 6.45) is 6.69. The average Bonchev–Trinajstić information content (AvgIpc) is 3.01. The third kappa shape index (κ3) is 5.72. The number of hydrogen-bond acceptors (Lipinski definition) is 2. The summed E-state index contributed by atoms with van der Waals surface area (Å²) in [6, 6.07) is 16.7. The van der Waals surface area contributed by atoms with E-state index in [0.717, 1.165) is 36.2 Å². The molecule has 0 atom stereocenters. The number of carbonyl (C=O) groups excluding carboxylic acids is 1. The summed E-state index contributed by atoms with van der Waals surface area (Å²) < 4.78 is 21.4. The molecule has 2 aromatic carbocycles. The Labute approximate surface area is 195 Å². The van der Waals surface area contributed by atoms with Crippen molar-refractivity contribution >= 4 is 5.91 Å². The molecule has 0 saturated heterocycles. The molecule has 174 valence electrons. The van der Waals surface area contributed by atoms with Crippen LogP contribution in [0.25, 0.3) is 16.9 Å². The van der Waals surface area contributed by atoms with Gasteiger partial charge in [0.2, 0.25) is 0 Å². The maximum Gasteiger partial charge on any atom is 0.251 e. The van der Waals surface area contributed by atoms with Crippen LogP contribution in [0.5, 0.6) is 0 Å². The van der Waals surface area contributed by atoms with Crippen LogP contribution in [0.3, 0.4) is 0 Å². The molecule has 0 radical (unpaired) electrons. The van der Waals surface area contributed by atoms with Crippen LogP contribution in [0.4, 0.5) is 4.39 Å². The number of halogens is 1. The lowest BCUT2D eigenvalue weighted by Crippen LogP contribution is -2.25. The summed E-state index contributed by atoms with van der Waals surface area (Å²) in [7, 11) is 0. The van der Waals surface area contributed by atoms with E-state index in [4.69, 9.17) is 4.74 Å². The highest BCUT2D eigenvalue weighted by molar-refractivity contribution is 5.94. The number of benzene rings is 2. The van der Waals surface area contributed by atoms with Gasteiger partial charge in [-0.3, -0.25) is 4.79 Å². The normalized spacial score (nSPS) is 13.6. The number of fused-ring (bicyclic) bond motifs is 1. The number of aromatic nitrogens is 1. The quantitative estimate of drug-likeness (QED) is 0.334. The number of ether oxygens (including phenoxy) is 1. The highest BCUT2D eigenvalue weighted by atomic mass is 19.1. The Bertz CT molecular complexity index is 1070. The lowest BCUT2D eigenvalue weighted by molar-refractivity contribution is 0.0757. The second-order valence-electron chi connectivity index (χ2n) is 8.98. The topological polar surface area (TPSA) is 43.3 Å². The van der Waals surface area contributed by atoms with Crippen LogP contribution < -0.4 is 5.32 Å². The summed E-state index contributed by atoms with van der Waals surface area (Å²) >= 11 is 0. The molecule has 0 spiro atoms. The molecular formula is C28H33FN2O2. The van der Waals surface area contributed by atoms with Gasteiger partial charge >= 0.3 is 0 Å². The van der Waals surface area contributed by atoms with Crippen LogP contribution >= 0.6 is 0 Å². The van der Waals surface area contributed by atoms with Gasteiger partial charge in [-0.25, -0.2) is 4.39 Å². The number of nitrogens with one attached hydrogen (secondary N) is 1. The minimum atomic E-state index is -0.232. The van der Waals surface area contributed by atoms with Gasteiger partial charge in [0.25, 0.3) is 5.91 Å². The van der Waals surface area contributed by atoms with Crippen molar-refractivity contribution in [3.05, 3.63) is 77.2 Å². The molecule has 1 amide bonds. The standard InChI is InChI=1S/C28H33FN2O2/c1-20(2)33-18-6-17-30-28(32)22-11-15-25(16-12-22)31-26-8-5-3-4-7-23(26)19-27(31)21-9-13-24(29)14-10-21/h9-16,19-20H,3-8,17-18H2,1-2H3,(H,30,32). The van der Waals surface area contributed by atoms with E-state index in [-0.39, 0.29) is 17.8 Å². The number of aryl methyl sites for hydroxylation is 1. The summed E-state index contributed by atoms with van der Waals surface area (Å²) in [5.74, 6) is -0.305. The van der Waals surface area contributed by atoms with Gasteiger partial charge in [0.1, 0.15) is 5.82 Å². The van der Waals surface area contributed by atoms with Crippen molar-refractivity contribution < 1.29 is 13.9 Å². The fraction of sp³-hybridized carbons (Fsp3) is 0.393. The fourth-order valence-corrected chi connectivity index (χ4v) is 4.46. The van der Waals surface area contributed by atoms with E-state index >= 15 is 0 Å². The summed E-state index contributed by atoms with van der Waals surface area (Å²) in [5.41, 5.74) is 6.44. The van der Waals surface area contributed by atoms with E-state index < -0.39 is 0 Å². The Morgan fingerprint density at radius 3 is 2.48 bits per heavy atom. The molecule has 3 aromatic rings.